The molecule has 0 unspecified atom stereocenters. The molecule has 0 atom stereocenters. The molecule has 17 heavy (non-hydrogen) atoms. The number of aryl methyl sites for hydroxylation is 2. The van der Waals surface area contributed by atoms with E-state index in [1.807, 2.05) is 0 Å². The second-order valence-electron chi connectivity index (χ2n) is 4.65. The fourth-order valence-corrected chi connectivity index (χ4v) is 3.17. The first-order chi connectivity index (χ1) is 8.42. The van der Waals surface area contributed by atoms with Crippen LogP contribution in [0.15, 0.2) is 35.0 Å². The Bertz CT molecular complexity index is 488. The Balaban J connectivity index is 1.58. The lowest BCUT2D eigenvalue weighted by Crippen LogP contribution is -2.04. The lowest BCUT2D eigenvalue weighted by Gasteiger charge is -2.07. The predicted octanol–water partition coefficient (Wildman–Crippen LogP) is 3.89. The number of anilines is 1. The van der Waals surface area contributed by atoms with E-state index in [9.17, 15) is 0 Å². The summed E-state index contributed by atoms with van der Waals surface area (Å²) in [6.07, 6.45) is 4.97. The highest BCUT2D eigenvalue weighted by Crippen LogP contribution is 2.24. The van der Waals surface area contributed by atoms with E-state index in [2.05, 4.69) is 40.3 Å². The van der Waals surface area contributed by atoms with Crippen LogP contribution in [0.4, 0.5) is 5.69 Å². The minimum Gasteiger partial charge on any atom is -0.385 e. The van der Waals surface area contributed by atoms with Crippen LogP contribution in [0.3, 0.4) is 0 Å². The zero-order valence-electron chi connectivity index (χ0n) is 9.91. The maximum absolute atomic E-state index is 3.52. The number of thiophene rings is 1. The van der Waals surface area contributed by atoms with Gasteiger partial charge in [-0.15, -0.1) is 0 Å². The second kappa shape index (κ2) is 4.92. The van der Waals surface area contributed by atoms with E-state index in [0.29, 0.717) is 0 Å². The molecule has 0 spiro atoms. The molecule has 0 saturated carbocycles. The molecule has 0 radical (unpaired) electrons. The highest BCUT2D eigenvalue weighted by molar-refractivity contribution is 7.07. The monoisotopic (exact) mass is 243 g/mol. The Morgan fingerprint density at radius 3 is 2.94 bits per heavy atom. The van der Waals surface area contributed by atoms with E-state index >= 15 is 0 Å². The molecule has 3 rings (SSSR count). The van der Waals surface area contributed by atoms with Crippen molar-refractivity contribution in [3.05, 3.63) is 51.7 Å². The zero-order chi connectivity index (χ0) is 11.5. The first kappa shape index (κ1) is 10.8. The molecule has 0 saturated heterocycles. The van der Waals surface area contributed by atoms with Crippen LogP contribution in [0.2, 0.25) is 0 Å². The summed E-state index contributed by atoms with van der Waals surface area (Å²) < 4.78 is 0. The first-order valence-electron chi connectivity index (χ1n) is 6.28. The van der Waals surface area contributed by atoms with Crippen molar-refractivity contribution in [1.82, 2.24) is 0 Å². The van der Waals surface area contributed by atoms with E-state index in [-0.39, 0.29) is 0 Å². The summed E-state index contributed by atoms with van der Waals surface area (Å²) in [5.41, 5.74) is 5.81. The summed E-state index contributed by atoms with van der Waals surface area (Å²) in [7, 11) is 0. The van der Waals surface area contributed by atoms with Crippen molar-refractivity contribution in [3.8, 4) is 0 Å². The molecule has 1 heterocycles. The number of hydrogen-bond donors (Lipinski definition) is 1. The predicted molar refractivity (Wildman–Crippen MR) is 75.0 cm³/mol. The number of benzene rings is 1. The van der Waals surface area contributed by atoms with Crippen LogP contribution in [-0.2, 0) is 19.3 Å². The van der Waals surface area contributed by atoms with Gasteiger partial charge >= 0.3 is 0 Å². The summed E-state index contributed by atoms with van der Waals surface area (Å²) in [5, 5.41) is 7.89. The minimum atomic E-state index is 1.02. The zero-order valence-corrected chi connectivity index (χ0v) is 10.7. The van der Waals surface area contributed by atoms with Gasteiger partial charge < -0.3 is 5.32 Å². The fourth-order valence-electron chi connectivity index (χ4n) is 2.47. The molecule has 0 bridgehead atoms. The van der Waals surface area contributed by atoms with Crippen molar-refractivity contribution >= 4 is 17.0 Å². The molecular formula is C15H17NS. The van der Waals surface area contributed by atoms with Gasteiger partial charge in [-0.05, 0) is 71.3 Å². The average Bonchev–Trinajstić information content (AvgIpc) is 2.98. The topological polar surface area (TPSA) is 12.0 Å². The van der Waals surface area contributed by atoms with Crippen LogP contribution >= 0.6 is 11.3 Å². The van der Waals surface area contributed by atoms with Crippen LogP contribution in [0.1, 0.15) is 23.1 Å². The molecule has 1 aliphatic carbocycles. The third kappa shape index (κ3) is 2.52. The van der Waals surface area contributed by atoms with Gasteiger partial charge in [0.1, 0.15) is 0 Å². The highest BCUT2D eigenvalue weighted by atomic mass is 32.1. The smallest absolute Gasteiger partial charge is 0.0343 e. The van der Waals surface area contributed by atoms with Crippen LogP contribution in [0.25, 0.3) is 0 Å². The number of nitrogens with one attached hydrogen (secondary N) is 1. The molecular weight excluding hydrogens is 226 g/mol. The summed E-state index contributed by atoms with van der Waals surface area (Å²) in [4.78, 5) is 0. The van der Waals surface area contributed by atoms with Crippen LogP contribution in [0, 0.1) is 0 Å². The SMILES string of the molecule is c1cc(CCNc2ccc3c(c2)CCC3)cs1. The van der Waals surface area contributed by atoms with Crippen LogP contribution in [0.5, 0.6) is 0 Å². The molecule has 1 aromatic carbocycles. The Labute approximate surface area is 106 Å². The van der Waals surface area contributed by atoms with Gasteiger partial charge in [0.25, 0.3) is 0 Å². The lowest BCUT2D eigenvalue weighted by atomic mass is 10.1. The van der Waals surface area contributed by atoms with Gasteiger partial charge in [0.05, 0.1) is 0 Å². The standard InChI is InChI=1S/C15H17NS/c1-2-13-4-5-15(10-14(13)3-1)16-8-6-12-7-9-17-11-12/h4-5,7,9-11,16H,1-3,6,8H2. The molecule has 1 nitrogen and oxygen atoms in total. The van der Waals surface area contributed by atoms with E-state index in [4.69, 9.17) is 0 Å². The second-order valence-corrected chi connectivity index (χ2v) is 5.43. The summed E-state index contributed by atoms with van der Waals surface area (Å²) in [6.45, 7) is 1.02. The average molecular weight is 243 g/mol. The van der Waals surface area contributed by atoms with Crippen molar-refractivity contribution in [3.63, 3.8) is 0 Å². The van der Waals surface area contributed by atoms with Crippen LogP contribution in [-0.4, -0.2) is 6.54 Å². The van der Waals surface area contributed by atoms with Crippen molar-refractivity contribution in [2.75, 3.05) is 11.9 Å². The van der Waals surface area contributed by atoms with Crippen molar-refractivity contribution < 1.29 is 0 Å². The number of hydrogen-bond acceptors (Lipinski definition) is 2. The third-order valence-electron chi connectivity index (χ3n) is 3.42. The summed E-state index contributed by atoms with van der Waals surface area (Å²) in [5.74, 6) is 0. The van der Waals surface area contributed by atoms with Gasteiger partial charge in [-0.1, -0.05) is 6.07 Å². The van der Waals surface area contributed by atoms with E-state index in [0.717, 1.165) is 13.0 Å². The third-order valence-corrected chi connectivity index (χ3v) is 4.15. The number of rotatable bonds is 4. The van der Waals surface area contributed by atoms with E-state index in [1.54, 1.807) is 22.5 Å². The molecule has 1 N–H and O–H groups in total. The minimum absolute atomic E-state index is 1.02. The maximum atomic E-state index is 3.52. The van der Waals surface area contributed by atoms with Gasteiger partial charge in [-0.2, -0.15) is 11.3 Å². The van der Waals surface area contributed by atoms with E-state index < -0.39 is 0 Å². The van der Waals surface area contributed by atoms with Crippen molar-refractivity contribution in [2.24, 2.45) is 0 Å². The molecule has 1 aromatic heterocycles. The van der Waals surface area contributed by atoms with E-state index in [1.165, 1.54) is 30.5 Å². The van der Waals surface area contributed by atoms with Gasteiger partial charge in [-0.25, -0.2) is 0 Å². The lowest BCUT2D eigenvalue weighted by molar-refractivity contribution is 0.911. The normalized spacial score (nSPS) is 13.6. The first-order valence-corrected chi connectivity index (χ1v) is 7.23. The summed E-state index contributed by atoms with van der Waals surface area (Å²) in [6, 6.07) is 9.04. The largest absolute Gasteiger partial charge is 0.385 e. The highest BCUT2D eigenvalue weighted by Gasteiger charge is 2.10. The molecule has 0 aliphatic heterocycles. The Kier molecular flexibility index (Phi) is 3.14. The van der Waals surface area contributed by atoms with Gasteiger partial charge in [-0.3, -0.25) is 0 Å². The molecule has 2 aromatic rings. The molecule has 0 fully saturated rings. The number of fused-ring (bicyclic) bond motifs is 1. The van der Waals surface area contributed by atoms with Crippen molar-refractivity contribution in [1.29, 1.82) is 0 Å². The maximum Gasteiger partial charge on any atom is 0.0343 e. The summed E-state index contributed by atoms with van der Waals surface area (Å²) >= 11 is 1.77. The quantitative estimate of drug-likeness (QED) is 0.859. The molecule has 88 valence electrons. The fraction of sp³-hybridized carbons (Fsp3) is 0.333. The van der Waals surface area contributed by atoms with Gasteiger partial charge in [0.15, 0.2) is 0 Å². The van der Waals surface area contributed by atoms with Gasteiger partial charge in [0.2, 0.25) is 0 Å². The Morgan fingerprint density at radius 1 is 1.12 bits per heavy atom. The molecule has 2 heteroatoms. The molecule has 1 aliphatic rings. The molecule has 0 amide bonds. The van der Waals surface area contributed by atoms with Crippen molar-refractivity contribution in [2.45, 2.75) is 25.7 Å². The van der Waals surface area contributed by atoms with Gasteiger partial charge in [0, 0.05) is 12.2 Å². The van der Waals surface area contributed by atoms with Crippen LogP contribution < -0.4 is 5.32 Å². The Morgan fingerprint density at radius 2 is 2.06 bits per heavy atom. The Hall–Kier alpha value is -1.28.